The first-order valence-corrected chi connectivity index (χ1v) is 6.86. The van der Waals surface area contributed by atoms with E-state index in [-0.39, 0.29) is 17.9 Å². The summed E-state index contributed by atoms with van der Waals surface area (Å²) in [6.07, 6.45) is 1.72. The molecule has 3 rings (SSSR count). The highest BCUT2D eigenvalue weighted by atomic mass is 32.1. The van der Waals surface area contributed by atoms with E-state index < -0.39 is 0 Å². The van der Waals surface area contributed by atoms with Crippen molar-refractivity contribution >= 4 is 18.5 Å². The van der Waals surface area contributed by atoms with Gasteiger partial charge in [-0.05, 0) is 37.0 Å². The number of rotatable bonds is 1. The van der Waals surface area contributed by atoms with Crippen molar-refractivity contribution in [2.24, 2.45) is 11.8 Å². The van der Waals surface area contributed by atoms with Gasteiger partial charge in [0.2, 0.25) is 0 Å². The second-order valence-electron chi connectivity index (χ2n) is 5.33. The van der Waals surface area contributed by atoms with Crippen molar-refractivity contribution < 1.29 is 9.90 Å². The molecule has 2 fully saturated rings. The second kappa shape index (κ2) is 4.59. The molecule has 0 radical (unpaired) electrons. The van der Waals surface area contributed by atoms with Crippen LogP contribution in [0, 0.1) is 11.8 Å². The van der Waals surface area contributed by atoms with Crippen molar-refractivity contribution in [3.05, 3.63) is 29.8 Å². The molecule has 1 aliphatic carbocycles. The monoisotopic (exact) mass is 263 g/mol. The van der Waals surface area contributed by atoms with E-state index in [0.717, 1.165) is 24.3 Å². The summed E-state index contributed by atoms with van der Waals surface area (Å²) in [6, 6.07) is 7.34. The number of carbonyl (C=O) groups is 1. The van der Waals surface area contributed by atoms with Gasteiger partial charge in [-0.1, -0.05) is 6.07 Å². The zero-order chi connectivity index (χ0) is 12.7. The number of likely N-dealkylation sites (tertiary alicyclic amines) is 1. The highest BCUT2D eigenvalue weighted by molar-refractivity contribution is 7.80. The zero-order valence-corrected chi connectivity index (χ0v) is 11.0. The first-order chi connectivity index (χ1) is 8.65. The quantitative estimate of drug-likeness (QED) is 0.759. The average molecular weight is 263 g/mol. The molecule has 3 atom stereocenters. The Morgan fingerprint density at radius 1 is 1.33 bits per heavy atom. The molecule has 1 aliphatic heterocycles. The normalized spacial score (nSPS) is 30.6. The standard InChI is InChI=1S/C14H17NO2S/c16-13-5-4-10-7-15(8-12(10)13)14(17)9-2-1-3-11(18)6-9/h1-3,6,10,12-13,16,18H,4-5,7-8H2. The van der Waals surface area contributed by atoms with Crippen molar-refractivity contribution in [3.8, 4) is 0 Å². The second-order valence-corrected chi connectivity index (χ2v) is 5.85. The van der Waals surface area contributed by atoms with Gasteiger partial charge in [-0.25, -0.2) is 0 Å². The Morgan fingerprint density at radius 2 is 2.17 bits per heavy atom. The number of aliphatic hydroxyl groups excluding tert-OH is 1. The van der Waals surface area contributed by atoms with Crippen molar-refractivity contribution in [1.29, 1.82) is 0 Å². The summed E-state index contributed by atoms with van der Waals surface area (Å²) in [4.78, 5) is 15.0. The van der Waals surface area contributed by atoms with Gasteiger partial charge in [0.05, 0.1) is 6.10 Å². The predicted octanol–water partition coefficient (Wildman–Crippen LogP) is 1.82. The van der Waals surface area contributed by atoms with E-state index in [4.69, 9.17) is 0 Å². The molecular weight excluding hydrogens is 246 g/mol. The van der Waals surface area contributed by atoms with E-state index in [1.807, 2.05) is 23.1 Å². The van der Waals surface area contributed by atoms with Crippen molar-refractivity contribution in [2.45, 2.75) is 23.8 Å². The number of nitrogens with zero attached hydrogens (tertiary/aromatic N) is 1. The summed E-state index contributed by atoms with van der Waals surface area (Å²) in [5, 5.41) is 9.86. The van der Waals surface area contributed by atoms with E-state index in [1.54, 1.807) is 6.07 Å². The number of benzene rings is 1. The minimum Gasteiger partial charge on any atom is -0.393 e. The van der Waals surface area contributed by atoms with Gasteiger partial charge in [-0.3, -0.25) is 4.79 Å². The van der Waals surface area contributed by atoms with Crippen LogP contribution < -0.4 is 0 Å². The molecule has 0 spiro atoms. The Hall–Kier alpha value is -1.00. The van der Waals surface area contributed by atoms with Gasteiger partial charge in [-0.15, -0.1) is 12.6 Å². The molecule has 1 saturated heterocycles. The largest absolute Gasteiger partial charge is 0.393 e. The van der Waals surface area contributed by atoms with E-state index in [9.17, 15) is 9.90 Å². The van der Waals surface area contributed by atoms with Crippen molar-refractivity contribution in [2.75, 3.05) is 13.1 Å². The van der Waals surface area contributed by atoms with E-state index in [0.29, 0.717) is 18.0 Å². The molecule has 1 heterocycles. The van der Waals surface area contributed by atoms with Crippen LogP contribution in [0.1, 0.15) is 23.2 Å². The van der Waals surface area contributed by atoms with Crippen molar-refractivity contribution in [1.82, 2.24) is 4.90 Å². The maximum absolute atomic E-state index is 12.3. The van der Waals surface area contributed by atoms with Crippen LogP contribution in [0.25, 0.3) is 0 Å². The van der Waals surface area contributed by atoms with Crippen LogP contribution in [0.5, 0.6) is 0 Å². The highest BCUT2D eigenvalue weighted by Gasteiger charge is 2.43. The summed E-state index contributed by atoms with van der Waals surface area (Å²) in [5.41, 5.74) is 0.692. The molecule has 1 aromatic carbocycles. The molecule has 3 unspecified atom stereocenters. The highest BCUT2D eigenvalue weighted by Crippen LogP contribution is 2.38. The van der Waals surface area contributed by atoms with Gasteiger partial charge < -0.3 is 10.0 Å². The Kier molecular flexibility index (Phi) is 3.08. The lowest BCUT2D eigenvalue weighted by atomic mass is 10.00. The third-order valence-electron chi connectivity index (χ3n) is 4.20. The van der Waals surface area contributed by atoms with Crippen LogP contribution >= 0.6 is 12.6 Å². The molecule has 1 amide bonds. The molecule has 4 heteroatoms. The molecule has 0 aromatic heterocycles. The molecule has 0 bridgehead atoms. The fourth-order valence-corrected chi connectivity index (χ4v) is 3.45. The van der Waals surface area contributed by atoms with Gasteiger partial charge in [0.25, 0.3) is 5.91 Å². The zero-order valence-electron chi connectivity index (χ0n) is 10.1. The van der Waals surface area contributed by atoms with Gasteiger partial charge in [0.1, 0.15) is 0 Å². The lowest BCUT2D eigenvalue weighted by Gasteiger charge is -2.18. The third kappa shape index (κ3) is 2.04. The van der Waals surface area contributed by atoms with E-state index >= 15 is 0 Å². The molecule has 1 aromatic rings. The molecule has 1 N–H and O–H groups in total. The molecule has 3 nitrogen and oxygen atoms in total. The van der Waals surface area contributed by atoms with Gasteiger partial charge in [-0.2, -0.15) is 0 Å². The molecule has 1 saturated carbocycles. The van der Waals surface area contributed by atoms with Crippen LogP contribution in [0.4, 0.5) is 0 Å². The number of fused-ring (bicyclic) bond motifs is 1. The van der Waals surface area contributed by atoms with Crippen LogP contribution in [0.15, 0.2) is 29.2 Å². The summed E-state index contributed by atoms with van der Waals surface area (Å²) in [7, 11) is 0. The van der Waals surface area contributed by atoms with Crippen LogP contribution in [0.2, 0.25) is 0 Å². The maximum Gasteiger partial charge on any atom is 0.253 e. The van der Waals surface area contributed by atoms with Gasteiger partial charge in [0.15, 0.2) is 0 Å². The number of hydrogen-bond donors (Lipinski definition) is 2. The molecule has 2 aliphatic rings. The fraction of sp³-hybridized carbons (Fsp3) is 0.500. The number of thiol groups is 1. The summed E-state index contributed by atoms with van der Waals surface area (Å²) in [5.74, 6) is 0.837. The van der Waals surface area contributed by atoms with E-state index in [1.165, 1.54) is 0 Å². The summed E-state index contributed by atoms with van der Waals surface area (Å²) in [6.45, 7) is 1.48. The van der Waals surface area contributed by atoms with Crippen molar-refractivity contribution in [3.63, 3.8) is 0 Å². The number of carbonyl (C=O) groups excluding carboxylic acids is 1. The molecule has 96 valence electrons. The van der Waals surface area contributed by atoms with Crippen LogP contribution in [-0.2, 0) is 0 Å². The molecular formula is C14H17NO2S. The number of aliphatic hydroxyl groups is 1. The van der Waals surface area contributed by atoms with Crippen LogP contribution in [0.3, 0.4) is 0 Å². The first kappa shape index (κ1) is 12.1. The van der Waals surface area contributed by atoms with Gasteiger partial charge in [0, 0.05) is 29.5 Å². The van der Waals surface area contributed by atoms with Crippen LogP contribution in [-0.4, -0.2) is 35.1 Å². The Balaban J connectivity index is 1.75. The third-order valence-corrected chi connectivity index (χ3v) is 4.48. The Bertz CT molecular complexity index is 477. The predicted molar refractivity (Wildman–Crippen MR) is 71.8 cm³/mol. The number of hydrogen-bond acceptors (Lipinski definition) is 3. The number of amides is 1. The Morgan fingerprint density at radius 3 is 2.89 bits per heavy atom. The van der Waals surface area contributed by atoms with E-state index in [2.05, 4.69) is 12.6 Å². The first-order valence-electron chi connectivity index (χ1n) is 6.41. The average Bonchev–Trinajstić information content (AvgIpc) is 2.91. The minimum atomic E-state index is -0.219. The maximum atomic E-state index is 12.3. The SMILES string of the molecule is O=C(c1cccc(S)c1)N1CC2CCC(O)C2C1. The molecule has 18 heavy (non-hydrogen) atoms. The minimum absolute atomic E-state index is 0.0625. The Labute approximate surface area is 112 Å². The summed E-state index contributed by atoms with van der Waals surface area (Å²) < 4.78 is 0. The topological polar surface area (TPSA) is 40.5 Å². The smallest absolute Gasteiger partial charge is 0.253 e. The fourth-order valence-electron chi connectivity index (χ4n) is 3.22. The summed E-state index contributed by atoms with van der Waals surface area (Å²) >= 11 is 4.26. The lowest BCUT2D eigenvalue weighted by molar-refractivity contribution is 0.0752. The van der Waals surface area contributed by atoms with Gasteiger partial charge >= 0.3 is 0 Å². The lowest BCUT2D eigenvalue weighted by Crippen LogP contribution is -2.31.